The lowest BCUT2D eigenvalue weighted by atomic mass is 9.80. The maximum absolute atomic E-state index is 12.3. The number of hydrogen-bond acceptors (Lipinski definition) is 3. The predicted octanol–water partition coefficient (Wildman–Crippen LogP) is 7.25. The minimum Gasteiger partial charge on any atom is -0.496 e. The van der Waals surface area contributed by atoms with Gasteiger partial charge in [0.25, 0.3) is 0 Å². The Balaban J connectivity index is 0.000000257. The van der Waals surface area contributed by atoms with Gasteiger partial charge in [0.05, 0.1) is 7.11 Å². The highest BCUT2D eigenvalue weighted by atomic mass is 16.5. The summed E-state index contributed by atoms with van der Waals surface area (Å²) in [6.45, 7) is 11.6. The Kier molecular flexibility index (Phi) is 10.4. The van der Waals surface area contributed by atoms with Gasteiger partial charge in [0.1, 0.15) is 5.75 Å². The SMILES string of the molecule is C=Cc1cccc(C(C)=O)c1CC.CCC1CCC(C(=O)Nc2ccc(C)c(OC)c2)CC1. The minimum atomic E-state index is 0.126. The van der Waals surface area contributed by atoms with E-state index in [2.05, 4.69) is 25.7 Å². The van der Waals surface area contributed by atoms with E-state index in [1.165, 1.54) is 19.3 Å². The summed E-state index contributed by atoms with van der Waals surface area (Å²) >= 11 is 0. The third-order valence-electron chi connectivity index (χ3n) is 6.64. The molecule has 1 aliphatic rings. The second kappa shape index (κ2) is 13.0. The second-order valence-electron chi connectivity index (χ2n) is 8.79. The van der Waals surface area contributed by atoms with Crippen molar-refractivity contribution >= 4 is 23.5 Å². The van der Waals surface area contributed by atoms with Crippen molar-refractivity contribution < 1.29 is 14.3 Å². The number of anilines is 1. The van der Waals surface area contributed by atoms with E-state index in [0.717, 1.165) is 58.9 Å². The number of ketones is 1. The average Bonchev–Trinajstić information content (AvgIpc) is 2.84. The maximum Gasteiger partial charge on any atom is 0.227 e. The lowest BCUT2D eigenvalue weighted by Gasteiger charge is -2.27. The summed E-state index contributed by atoms with van der Waals surface area (Å²) in [6, 6.07) is 11.6. The highest BCUT2D eigenvalue weighted by Gasteiger charge is 2.25. The molecular weight excluding hydrogens is 410 g/mol. The molecule has 0 bridgehead atoms. The van der Waals surface area contributed by atoms with Crippen LogP contribution in [-0.2, 0) is 11.2 Å². The van der Waals surface area contributed by atoms with Gasteiger partial charge in [0.15, 0.2) is 5.78 Å². The van der Waals surface area contributed by atoms with Gasteiger partial charge >= 0.3 is 0 Å². The van der Waals surface area contributed by atoms with E-state index in [-0.39, 0.29) is 17.6 Å². The van der Waals surface area contributed by atoms with E-state index in [4.69, 9.17) is 4.74 Å². The lowest BCUT2D eigenvalue weighted by molar-refractivity contribution is -0.121. The normalized spacial score (nSPS) is 17.4. The maximum atomic E-state index is 12.3. The predicted molar refractivity (Wildman–Crippen MR) is 138 cm³/mol. The van der Waals surface area contributed by atoms with Gasteiger partial charge in [0.2, 0.25) is 5.91 Å². The number of benzene rings is 2. The molecule has 0 spiro atoms. The first-order valence-corrected chi connectivity index (χ1v) is 12.0. The zero-order valence-electron chi connectivity index (χ0n) is 20.9. The summed E-state index contributed by atoms with van der Waals surface area (Å²) < 4.78 is 5.29. The molecule has 4 heteroatoms. The average molecular weight is 450 g/mol. The summed E-state index contributed by atoms with van der Waals surface area (Å²) in [6.07, 6.45) is 8.32. The van der Waals surface area contributed by atoms with Crippen LogP contribution >= 0.6 is 0 Å². The quantitative estimate of drug-likeness (QED) is 0.453. The van der Waals surface area contributed by atoms with Crippen LogP contribution in [0.2, 0.25) is 0 Å². The Labute approximate surface area is 199 Å². The number of nitrogens with one attached hydrogen (secondary N) is 1. The topological polar surface area (TPSA) is 55.4 Å². The number of amides is 1. The van der Waals surface area contributed by atoms with Crippen molar-refractivity contribution in [1.82, 2.24) is 0 Å². The number of rotatable bonds is 7. The molecule has 1 amide bonds. The number of carbonyl (C=O) groups excluding carboxylic acids is 2. The van der Waals surface area contributed by atoms with Gasteiger partial charge in [-0.2, -0.15) is 0 Å². The fourth-order valence-corrected chi connectivity index (χ4v) is 4.50. The zero-order chi connectivity index (χ0) is 24.4. The van der Waals surface area contributed by atoms with Gasteiger partial charge in [-0.05, 0) is 74.6 Å². The molecule has 0 atom stereocenters. The molecule has 0 aromatic heterocycles. The highest BCUT2D eigenvalue weighted by Crippen LogP contribution is 2.31. The number of methoxy groups -OCH3 is 1. The van der Waals surface area contributed by atoms with Crippen LogP contribution in [0, 0.1) is 18.8 Å². The molecule has 33 heavy (non-hydrogen) atoms. The molecule has 2 aromatic rings. The van der Waals surface area contributed by atoms with Gasteiger partial charge in [-0.15, -0.1) is 0 Å². The number of hydrogen-bond donors (Lipinski definition) is 1. The molecule has 178 valence electrons. The first kappa shape index (κ1) is 26.4. The van der Waals surface area contributed by atoms with E-state index < -0.39 is 0 Å². The first-order valence-electron chi connectivity index (χ1n) is 12.0. The number of ether oxygens (including phenoxy) is 1. The van der Waals surface area contributed by atoms with Crippen LogP contribution in [0.3, 0.4) is 0 Å². The van der Waals surface area contributed by atoms with Crippen LogP contribution < -0.4 is 10.1 Å². The van der Waals surface area contributed by atoms with Crippen molar-refractivity contribution in [2.24, 2.45) is 11.8 Å². The van der Waals surface area contributed by atoms with Gasteiger partial charge in [-0.25, -0.2) is 0 Å². The smallest absolute Gasteiger partial charge is 0.227 e. The molecule has 0 radical (unpaired) electrons. The molecule has 3 rings (SSSR count). The fourth-order valence-electron chi connectivity index (χ4n) is 4.50. The monoisotopic (exact) mass is 449 g/mol. The Bertz CT molecular complexity index is 955. The summed E-state index contributed by atoms with van der Waals surface area (Å²) in [4.78, 5) is 23.6. The van der Waals surface area contributed by atoms with Crippen molar-refractivity contribution in [3.63, 3.8) is 0 Å². The Morgan fingerprint density at radius 1 is 1.12 bits per heavy atom. The summed E-state index contributed by atoms with van der Waals surface area (Å²) in [7, 11) is 1.65. The van der Waals surface area contributed by atoms with Gasteiger partial charge in [-0.3, -0.25) is 9.59 Å². The fraction of sp³-hybridized carbons (Fsp3) is 0.448. The molecule has 1 fully saturated rings. The van der Waals surface area contributed by atoms with E-state index >= 15 is 0 Å². The van der Waals surface area contributed by atoms with Crippen molar-refractivity contribution in [2.45, 2.75) is 66.2 Å². The second-order valence-corrected chi connectivity index (χ2v) is 8.79. The van der Waals surface area contributed by atoms with Crippen molar-refractivity contribution in [3.8, 4) is 5.75 Å². The summed E-state index contributed by atoms with van der Waals surface area (Å²) in [5.74, 6) is 2.09. The Morgan fingerprint density at radius 2 is 1.82 bits per heavy atom. The molecule has 0 saturated heterocycles. The molecule has 4 nitrogen and oxygen atoms in total. The zero-order valence-corrected chi connectivity index (χ0v) is 20.9. The van der Waals surface area contributed by atoms with Crippen LogP contribution in [0.5, 0.6) is 5.75 Å². The van der Waals surface area contributed by atoms with Gasteiger partial charge in [-0.1, -0.05) is 57.2 Å². The molecule has 1 saturated carbocycles. The van der Waals surface area contributed by atoms with E-state index in [9.17, 15) is 9.59 Å². The van der Waals surface area contributed by atoms with Crippen molar-refractivity contribution in [3.05, 3.63) is 65.2 Å². The standard InChI is InChI=1S/C17H25NO2.C12H14O/c1-4-13-6-8-14(9-7-13)17(19)18-15-10-5-12(2)16(11-15)20-3;1-4-10-7-6-8-12(9(3)13)11(10)5-2/h5,10-11,13-14H,4,6-9H2,1-3H3,(H,18,19);4,6-8H,1,5H2,2-3H3. The first-order chi connectivity index (χ1) is 15.8. The van der Waals surface area contributed by atoms with Crippen molar-refractivity contribution in [2.75, 3.05) is 12.4 Å². The van der Waals surface area contributed by atoms with Crippen LogP contribution in [0.15, 0.2) is 43.0 Å². The summed E-state index contributed by atoms with van der Waals surface area (Å²) in [5, 5.41) is 3.03. The lowest BCUT2D eigenvalue weighted by Crippen LogP contribution is -2.27. The molecule has 0 heterocycles. The third-order valence-corrected chi connectivity index (χ3v) is 6.64. The molecule has 0 unspecified atom stereocenters. The molecule has 2 aromatic carbocycles. The van der Waals surface area contributed by atoms with E-state index in [1.54, 1.807) is 20.1 Å². The van der Waals surface area contributed by atoms with Gasteiger partial charge < -0.3 is 10.1 Å². The molecular formula is C29H39NO3. The van der Waals surface area contributed by atoms with Gasteiger partial charge in [0, 0.05) is 23.2 Å². The van der Waals surface area contributed by atoms with E-state index in [1.807, 2.05) is 43.3 Å². The van der Waals surface area contributed by atoms with Crippen LogP contribution in [0.1, 0.15) is 79.9 Å². The largest absolute Gasteiger partial charge is 0.496 e. The highest BCUT2D eigenvalue weighted by molar-refractivity contribution is 5.96. The van der Waals surface area contributed by atoms with Crippen LogP contribution in [0.4, 0.5) is 5.69 Å². The van der Waals surface area contributed by atoms with Crippen LogP contribution in [0.25, 0.3) is 6.08 Å². The van der Waals surface area contributed by atoms with Crippen molar-refractivity contribution in [1.29, 1.82) is 0 Å². The molecule has 1 aliphatic carbocycles. The number of Topliss-reactive ketones (excluding diaryl/α,β-unsaturated/α-hetero) is 1. The summed E-state index contributed by atoms with van der Waals surface area (Å²) in [5.41, 5.74) is 4.89. The van der Waals surface area contributed by atoms with Crippen LogP contribution in [-0.4, -0.2) is 18.8 Å². The third kappa shape index (κ3) is 7.31. The molecule has 1 N–H and O–H groups in total. The Morgan fingerprint density at radius 3 is 2.36 bits per heavy atom. The number of aryl methyl sites for hydroxylation is 1. The molecule has 0 aliphatic heterocycles. The number of carbonyl (C=O) groups is 2. The Hall–Kier alpha value is -2.88. The minimum absolute atomic E-state index is 0.126. The van der Waals surface area contributed by atoms with E-state index in [0.29, 0.717) is 0 Å².